The maximum atomic E-state index is 12.6. The molecule has 0 unspecified atom stereocenters. The maximum Gasteiger partial charge on any atom is 0.257 e. The van der Waals surface area contributed by atoms with Crippen LogP contribution in [0.25, 0.3) is 5.82 Å². The summed E-state index contributed by atoms with van der Waals surface area (Å²) in [6.45, 7) is 4.61. The van der Waals surface area contributed by atoms with Crippen molar-refractivity contribution < 1.29 is 4.79 Å². The molecule has 0 bridgehead atoms. The van der Waals surface area contributed by atoms with Crippen molar-refractivity contribution in [1.82, 2.24) is 29.5 Å². The molecule has 4 aromatic rings. The largest absolute Gasteiger partial charge is 0.353 e. The molecule has 1 amide bonds. The van der Waals surface area contributed by atoms with E-state index in [-0.39, 0.29) is 11.9 Å². The molecule has 0 radical (unpaired) electrons. The summed E-state index contributed by atoms with van der Waals surface area (Å²) in [6, 6.07) is 9.65. The fourth-order valence-corrected chi connectivity index (χ4v) is 3.81. The summed E-state index contributed by atoms with van der Waals surface area (Å²) in [5.74, 6) is 2.05. The molecule has 1 atom stereocenters. The number of anilines is 3. The Morgan fingerprint density at radius 3 is 2.52 bits per heavy atom. The molecule has 0 saturated carbocycles. The minimum atomic E-state index is -0.270. The standard InChI is InChI=1S/C23H23N9O/c1-17-15-30(20-4-2-3-7-25-20)10-11-32(17)23-27-13-19(14-28-23)29-22(33)18-5-6-21(26-12-18)31-9-8-24-16-31/h2-9,12-14,16-17H,10-11,15H2,1H3,(H,29,33)/t17-/m0/s1. The predicted octanol–water partition coefficient (Wildman–Crippen LogP) is 2.42. The van der Waals surface area contributed by atoms with Crippen LogP contribution in [0, 0.1) is 0 Å². The Labute approximate surface area is 191 Å². The van der Waals surface area contributed by atoms with Crippen LogP contribution in [-0.2, 0) is 0 Å². The highest BCUT2D eigenvalue weighted by Crippen LogP contribution is 2.20. The average molecular weight is 441 g/mol. The number of carbonyl (C=O) groups is 1. The van der Waals surface area contributed by atoms with Crippen LogP contribution >= 0.6 is 0 Å². The van der Waals surface area contributed by atoms with Crippen LogP contribution in [0.3, 0.4) is 0 Å². The van der Waals surface area contributed by atoms with Gasteiger partial charge in [-0.15, -0.1) is 0 Å². The van der Waals surface area contributed by atoms with Gasteiger partial charge in [-0.05, 0) is 31.2 Å². The third-order valence-corrected chi connectivity index (χ3v) is 5.53. The molecule has 4 aromatic heterocycles. The molecule has 10 heteroatoms. The van der Waals surface area contributed by atoms with Crippen molar-refractivity contribution in [2.75, 3.05) is 34.8 Å². The number of hydrogen-bond acceptors (Lipinski definition) is 8. The molecule has 1 aliphatic rings. The number of nitrogens with one attached hydrogen (secondary N) is 1. The van der Waals surface area contributed by atoms with Crippen LogP contribution in [0.2, 0.25) is 0 Å². The quantitative estimate of drug-likeness (QED) is 0.503. The lowest BCUT2D eigenvalue weighted by molar-refractivity contribution is 0.102. The van der Waals surface area contributed by atoms with Crippen LogP contribution in [0.4, 0.5) is 17.5 Å². The topological polar surface area (TPSA) is 105 Å². The van der Waals surface area contributed by atoms with Crippen LogP contribution in [0.15, 0.2) is 73.8 Å². The van der Waals surface area contributed by atoms with Crippen molar-refractivity contribution in [1.29, 1.82) is 0 Å². The Kier molecular flexibility index (Phi) is 5.62. The first-order valence-electron chi connectivity index (χ1n) is 10.7. The van der Waals surface area contributed by atoms with Crippen molar-refractivity contribution >= 4 is 23.4 Å². The van der Waals surface area contributed by atoms with E-state index in [2.05, 4.69) is 47.0 Å². The average Bonchev–Trinajstić information content (AvgIpc) is 3.40. The van der Waals surface area contributed by atoms with Gasteiger partial charge in [0.25, 0.3) is 5.91 Å². The van der Waals surface area contributed by atoms with Crippen molar-refractivity contribution in [3.8, 4) is 5.82 Å². The van der Waals surface area contributed by atoms with Crippen LogP contribution in [-0.4, -0.2) is 61.1 Å². The molecule has 5 heterocycles. The second-order valence-corrected chi connectivity index (χ2v) is 7.78. The highest BCUT2D eigenvalue weighted by molar-refractivity contribution is 6.03. The predicted molar refractivity (Wildman–Crippen MR) is 125 cm³/mol. The molecule has 1 fully saturated rings. The zero-order valence-corrected chi connectivity index (χ0v) is 18.1. The normalized spacial score (nSPS) is 16.0. The van der Waals surface area contributed by atoms with Gasteiger partial charge in [-0.3, -0.25) is 9.36 Å². The fraction of sp³-hybridized carbons (Fsp3) is 0.217. The molecule has 0 aromatic carbocycles. The Morgan fingerprint density at radius 2 is 1.85 bits per heavy atom. The van der Waals surface area contributed by atoms with Gasteiger partial charge in [0.15, 0.2) is 0 Å². The van der Waals surface area contributed by atoms with Gasteiger partial charge in [-0.1, -0.05) is 6.07 Å². The smallest absolute Gasteiger partial charge is 0.257 e. The molecule has 1 saturated heterocycles. The van der Waals surface area contributed by atoms with Crippen LogP contribution in [0.5, 0.6) is 0 Å². The molecule has 166 valence electrons. The molecular formula is C23H23N9O. The van der Waals surface area contributed by atoms with Crippen molar-refractivity contribution in [3.63, 3.8) is 0 Å². The van der Waals surface area contributed by atoms with Gasteiger partial charge in [0, 0.05) is 50.5 Å². The third-order valence-electron chi connectivity index (χ3n) is 5.53. The lowest BCUT2D eigenvalue weighted by Crippen LogP contribution is -2.53. The number of carbonyl (C=O) groups excluding carboxylic acids is 1. The summed E-state index contributed by atoms with van der Waals surface area (Å²) in [5.41, 5.74) is 0.976. The van der Waals surface area contributed by atoms with E-state index in [0.717, 1.165) is 25.5 Å². The van der Waals surface area contributed by atoms with Gasteiger partial charge in [0.2, 0.25) is 5.95 Å². The molecule has 1 aliphatic heterocycles. The number of imidazole rings is 1. The van der Waals surface area contributed by atoms with Gasteiger partial charge < -0.3 is 15.1 Å². The summed E-state index contributed by atoms with van der Waals surface area (Å²) < 4.78 is 1.77. The minimum Gasteiger partial charge on any atom is -0.353 e. The number of amides is 1. The van der Waals surface area contributed by atoms with E-state index in [1.54, 1.807) is 47.8 Å². The SMILES string of the molecule is C[C@H]1CN(c2ccccn2)CCN1c1ncc(NC(=O)c2ccc(-n3ccnc3)nc2)cn1. The van der Waals surface area contributed by atoms with Gasteiger partial charge in [0.1, 0.15) is 18.0 Å². The zero-order valence-electron chi connectivity index (χ0n) is 18.1. The van der Waals surface area contributed by atoms with Crippen molar-refractivity contribution in [2.45, 2.75) is 13.0 Å². The summed E-state index contributed by atoms with van der Waals surface area (Å²) in [7, 11) is 0. The first-order valence-corrected chi connectivity index (χ1v) is 10.7. The number of hydrogen-bond donors (Lipinski definition) is 1. The second-order valence-electron chi connectivity index (χ2n) is 7.78. The number of aromatic nitrogens is 6. The summed E-state index contributed by atoms with van der Waals surface area (Å²) >= 11 is 0. The number of nitrogens with zero attached hydrogens (tertiary/aromatic N) is 8. The van der Waals surface area contributed by atoms with Gasteiger partial charge >= 0.3 is 0 Å². The lowest BCUT2D eigenvalue weighted by Gasteiger charge is -2.40. The van der Waals surface area contributed by atoms with Gasteiger partial charge in [-0.2, -0.15) is 0 Å². The van der Waals surface area contributed by atoms with Gasteiger partial charge in [0.05, 0.1) is 23.6 Å². The molecular weight excluding hydrogens is 418 g/mol. The van der Waals surface area contributed by atoms with E-state index in [9.17, 15) is 4.79 Å². The molecule has 10 nitrogen and oxygen atoms in total. The first kappa shape index (κ1) is 20.6. The highest BCUT2D eigenvalue weighted by atomic mass is 16.1. The van der Waals surface area contributed by atoms with Crippen LogP contribution < -0.4 is 15.1 Å². The van der Waals surface area contributed by atoms with E-state index in [4.69, 9.17) is 0 Å². The number of pyridine rings is 2. The van der Waals surface area contributed by atoms with E-state index in [0.29, 0.717) is 23.0 Å². The van der Waals surface area contributed by atoms with Crippen molar-refractivity contribution in [3.05, 3.63) is 79.4 Å². The number of piperazine rings is 1. The molecule has 33 heavy (non-hydrogen) atoms. The fourth-order valence-electron chi connectivity index (χ4n) is 3.81. The maximum absolute atomic E-state index is 12.6. The molecule has 0 spiro atoms. The number of rotatable bonds is 5. The summed E-state index contributed by atoms with van der Waals surface area (Å²) in [6.07, 6.45) is 11.7. The monoisotopic (exact) mass is 441 g/mol. The summed E-state index contributed by atoms with van der Waals surface area (Å²) in [4.78, 5) is 38.7. The Bertz CT molecular complexity index is 1200. The second kappa shape index (κ2) is 9.03. The van der Waals surface area contributed by atoms with Gasteiger partial charge in [-0.25, -0.2) is 24.9 Å². The zero-order chi connectivity index (χ0) is 22.6. The molecule has 1 N–H and O–H groups in total. The Balaban J connectivity index is 1.20. The molecule has 0 aliphatic carbocycles. The third kappa shape index (κ3) is 4.49. The lowest BCUT2D eigenvalue weighted by atomic mass is 10.2. The van der Waals surface area contributed by atoms with E-state index >= 15 is 0 Å². The van der Waals surface area contributed by atoms with Crippen molar-refractivity contribution in [2.24, 2.45) is 0 Å². The van der Waals surface area contributed by atoms with E-state index < -0.39 is 0 Å². The Morgan fingerprint density at radius 1 is 0.970 bits per heavy atom. The first-order chi connectivity index (χ1) is 16.2. The van der Waals surface area contributed by atoms with E-state index in [1.807, 2.05) is 24.4 Å². The highest BCUT2D eigenvalue weighted by Gasteiger charge is 2.26. The molecule has 5 rings (SSSR count). The van der Waals surface area contributed by atoms with Crippen LogP contribution in [0.1, 0.15) is 17.3 Å². The minimum absolute atomic E-state index is 0.223. The van der Waals surface area contributed by atoms with E-state index in [1.165, 1.54) is 6.20 Å². The summed E-state index contributed by atoms with van der Waals surface area (Å²) in [5, 5.41) is 2.82. The Hall–Kier alpha value is -4.34.